The number of urea groups is 1. The van der Waals surface area contributed by atoms with Crippen LogP contribution in [0.3, 0.4) is 0 Å². The second kappa shape index (κ2) is 8.68. The van der Waals surface area contributed by atoms with Gasteiger partial charge in [0, 0.05) is 20.1 Å². The van der Waals surface area contributed by atoms with Gasteiger partial charge in [-0.25, -0.2) is 4.79 Å². The molecular weight excluding hydrogens is 314 g/mol. The van der Waals surface area contributed by atoms with E-state index in [1.54, 1.807) is 25.8 Å². The highest BCUT2D eigenvalue weighted by molar-refractivity contribution is 5.73. The molecule has 2 N–H and O–H groups in total. The number of hydrogen-bond donors (Lipinski definition) is 2. The molecule has 25 heavy (non-hydrogen) atoms. The van der Waals surface area contributed by atoms with E-state index in [1.807, 2.05) is 0 Å². The molecule has 0 atom stereocenters. The number of amides is 2. The minimum atomic E-state index is -0.868. The number of benzene rings is 1. The minimum absolute atomic E-state index is 0.107. The van der Waals surface area contributed by atoms with Gasteiger partial charge in [-0.2, -0.15) is 0 Å². The van der Waals surface area contributed by atoms with Gasteiger partial charge in [-0.05, 0) is 58.2 Å². The highest BCUT2D eigenvalue weighted by Gasteiger charge is 2.22. The Hall–Kier alpha value is -1.59. The quantitative estimate of drug-likeness (QED) is 0.832. The summed E-state index contributed by atoms with van der Waals surface area (Å²) in [6.07, 6.45) is 2.22. The monoisotopic (exact) mass is 347 g/mol. The molecular formula is C20H33N3O2. The number of aliphatic hydroxyl groups is 1. The van der Waals surface area contributed by atoms with Gasteiger partial charge in [0.15, 0.2) is 0 Å². The number of hydrogen-bond acceptors (Lipinski definition) is 3. The Kier molecular flexibility index (Phi) is 6.85. The number of rotatable bonds is 6. The third-order valence-corrected chi connectivity index (χ3v) is 4.75. The molecule has 0 aliphatic carbocycles. The van der Waals surface area contributed by atoms with E-state index in [9.17, 15) is 9.90 Å². The molecule has 1 aliphatic heterocycles. The molecule has 0 radical (unpaired) electrons. The molecule has 0 spiro atoms. The normalized spacial score (nSPS) is 16.7. The molecule has 1 aromatic rings. The number of aryl methyl sites for hydroxylation is 1. The summed E-state index contributed by atoms with van der Waals surface area (Å²) < 4.78 is 0. The third kappa shape index (κ3) is 7.04. The lowest BCUT2D eigenvalue weighted by molar-refractivity contribution is 0.0529. The molecule has 1 aromatic carbocycles. The Morgan fingerprint density at radius 3 is 2.44 bits per heavy atom. The first-order valence-corrected chi connectivity index (χ1v) is 9.22. The van der Waals surface area contributed by atoms with E-state index in [4.69, 9.17) is 0 Å². The van der Waals surface area contributed by atoms with Crippen molar-refractivity contribution >= 4 is 6.03 Å². The fourth-order valence-electron chi connectivity index (χ4n) is 3.32. The fourth-order valence-corrected chi connectivity index (χ4v) is 3.32. The van der Waals surface area contributed by atoms with Gasteiger partial charge in [0.05, 0.1) is 12.1 Å². The van der Waals surface area contributed by atoms with E-state index in [0.29, 0.717) is 19.0 Å². The Morgan fingerprint density at radius 1 is 1.28 bits per heavy atom. The second-order valence-corrected chi connectivity index (χ2v) is 8.06. The Bertz CT molecular complexity index is 543. The van der Waals surface area contributed by atoms with E-state index in [-0.39, 0.29) is 6.03 Å². The van der Waals surface area contributed by atoms with Crippen molar-refractivity contribution in [1.29, 1.82) is 0 Å². The van der Waals surface area contributed by atoms with Crippen LogP contribution in [0, 0.1) is 12.8 Å². The average molecular weight is 348 g/mol. The fraction of sp³-hybridized carbons (Fsp3) is 0.650. The summed E-state index contributed by atoms with van der Waals surface area (Å²) >= 11 is 0. The zero-order chi connectivity index (χ0) is 18.4. The van der Waals surface area contributed by atoms with Gasteiger partial charge in [-0.1, -0.05) is 29.8 Å². The van der Waals surface area contributed by atoms with Crippen LogP contribution < -0.4 is 5.32 Å². The molecule has 2 rings (SSSR count). The van der Waals surface area contributed by atoms with Crippen molar-refractivity contribution in [2.24, 2.45) is 5.92 Å². The Morgan fingerprint density at radius 2 is 1.88 bits per heavy atom. The predicted molar refractivity (Wildman–Crippen MR) is 102 cm³/mol. The molecule has 1 saturated heterocycles. The van der Waals surface area contributed by atoms with E-state index in [2.05, 4.69) is 41.4 Å². The first kappa shape index (κ1) is 19.7. The molecule has 0 aromatic heterocycles. The van der Waals surface area contributed by atoms with Gasteiger partial charge in [-0.15, -0.1) is 0 Å². The number of likely N-dealkylation sites (tertiary alicyclic amines) is 1. The molecule has 5 heteroatoms. The molecule has 0 bridgehead atoms. The first-order valence-electron chi connectivity index (χ1n) is 9.22. The summed E-state index contributed by atoms with van der Waals surface area (Å²) in [5, 5.41) is 12.8. The maximum Gasteiger partial charge on any atom is 0.317 e. The number of nitrogens with one attached hydrogen (secondary N) is 1. The standard InChI is InChI=1S/C20H33N3O2/c1-16-5-7-18(8-6-16)14-23-11-9-17(10-12-23)13-21-19(24)22(4)15-20(2,3)25/h5-8,17,25H,9-15H2,1-4H3,(H,21,24). The second-order valence-electron chi connectivity index (χ2n) is 8.06. The van der Waals surface area contributed by atoms with Gasteiger partial charge in [0.1, 0.15) is 0 Å². The highest BCUT2D eigenvalue weighted by Crippen LogP contribution is 2.18. The van der Waals surface area contributed by atoms with Crippen LogP contribution in [0.15, 0.2) is 24.3 Å². The lowest BCUT2D eigenvalue weighted by Gasteiger charge is -2.32. The van der Waals surface area contributed by atoms with E-state index in [1.165, 1.54) is 11.1 Å². The molecule has 140 valence electrons. The highest BCUT2D eigenvalue weighted by atomic mass is 16.3. The molecule has 0 saturated carbocycles. The van der Waals surface area contributed by atoms with Gasteiger partial charge < -0.3 is 15.3 Å². The minimum Gasteiger partial charge on any atom is -0.389 e. The van der Waals surface area contributed by atoms with Crippen molar-refractivity contribution in [3.05, 3.63) is 35.4 Å². The Balaban J connectivity index is 1.68. The van der Waals surface area contributed by atoms with Crippen molar-refractivity contribution in [1.82, 2.24) is 15.1 Å². The lowest BCUT2D eigenvalue weighted by atomic mass is 9.96. The van der Waals surface area contributed by atoms with Crippen molar-refractivity contribution in [3.63, 3.8) is 0 Å². The smallest absolute Gasteiger partial charge is 0.317 e. The molecule has 1 heterocycles. The van der Waals surface area contributed by atoms with Crippen molar-refractivity contribution in [3.8, 4) is 0 Å². The van der Waals surface area contributed by atoms with E-state index < -0.39 is 5.60 Å². The van der Waals surface area contributed by atoms with E-state index >= 15 is 0 Å². The number of carbonyl (C=O) groups excluding carboxylic acids is 1. The Labute approximate surface area is 152 Å². The summed E-state index contributed by atoms with van der Waals surface area (Å²) in [6, 6.07) is 8.65. The zero-order valence-corrected chi connectivity index (χ0v) is 16.1. The van der Waals surface area contributed by atoms with Crippen LogP contribution in [-0.4, -0.2) is 59.8 Å². The van der Waals surface area contributed by atoms with Crippen molar-refractivity contribution < 1.29 is 9.90 Å². The number of piperidine rings is 1. The summed E-state index contributed by atoms with van der Waals surface area (Å²) in [5.41, 5.74) is 1.80. The summed E-state index contributed by atoms with van der Waals surface area (Å²) in [6.45, 7) is 9.74. The average Bonchev–Trinajstić information content (AvgIpc) is 2.54. The molecule has 5 nitrogen and oxygen atoms in total. The SMILES string of the molecule is Cc1ccc(CN2CCC(CNC(=O)N(C)CC(C)(C)O)CC2)cc1. The van der Waals surface area contributed by atoms with Crippen LogP contribution in [0.4, 0.5) is 4.79 Å². The van der Waals surface area contributed by atoms with Crippen LogP contribution in [0.2, 0.25) is 0 Å². The van der Waals surface area contributed by atoms with E-state index in [0.717, 1.165) is 32.5 Å². The van der Waals surface area contributed by atoms with Gasteiger partial charge in [0.25, 0.3) is 0 Å². The van der Waals surface area contributed by atoms with Gasteiger partial charge in [0.2, 0.25) is 0 Å². The molecule has 2 amide bonds. The summed E-state index contributed by atoms with van der Waals surface area (Å²) in [7, 11) is 1.72. The van der Waals surface area contributed by atoms with Crippen LogP contribution in [0.25, 0.3) is 0 Å². The van der Waals surface area contributed by atoms with Crippen LogP contribution in [0.1, 0.15) is 37.8 Å². The topological polar surface area (TPSA) is 55.8 Å². The maximum atomic E-state index is 12.1. The predicted octanol–water partition coefficient (Wildman–Crippen LogP) is 2.62. The van der Waals surface area contributed by atoms with Crippen molar-refractivity contribution in [2.45, 2.75) is 45.8 Å². The first-order chi connectivity index (χ1) is 11.7. The largest absolute Gasteiger partial charge is 0.389 e. The molecule has 1 fully saturated rings. The van der Waals surface area contributed by atoms with Gasteiger partial charge >= 0.3 is 6.03 Å². The maximum absolute atomic E-state index is 12.1. The lowest BCUT2D eigenvalue weighted by Crippen LogP contribution is -2.46. The van der Waals surface area contributed by atoms with Crippen LogP contribution >= 0.6 is 0 Å². The summed E-state index contributed by atoms with van der Waals surface area (Å²) in [5.74, 6) is 0.536. The molecule has 0 unspecified atom stereocenters. The number of likely N-dealkylation sites (N-methyl/N-ethyl adjacent to an activating group) is 1. The van der Waals surface area contributed by atoms with Crippen molar-refractivity contribution in [2.75, 3.05) is 33.2 Å². The molecule has 1 aliphatic rings. The van der Waals surface area contributed by atoms with Gasteiger partial charge in [-0.3, -0.25) is 4.90 Å². The van der Waals surface area contributed by atoms with Crippen LogP contribution in [0.5, 0.6) is 0 Å². The zero-order valence-electron chi connectivity index (χ0n) is 16.1. The number of carbonyl (C=O) groups is 1. The summed E-state index contributed by atoms with van der Waals surface area (Å²) in [4.78, 5) is 16.1. The van der Waals surface area contributed by atoms with Crippen LogP contribution in [-0.2, 0) is 6.54 Å². The third-order valence-electron chi connectivity index (χ3n) is 4.75. The number of nitrogens with zero attached hydrogens (tertiary/aromatic N) is 2.